The highest BCUT2D eigenvalue weighted by atomic mass is 15.0. The summed E-state index contributed by atoms with van der Waals surface area (Å²) in [6.07, 6.45) is 0. The van der Waals surface area contributed by atoms with Crippen molar-refractivity contribution in [1.29, 1.82) is 15.8 Å². The highest BCUT2D eigenvalue weighted by molar-refractivity contribution is 6.11. The average Bonchev–Trinajstić information content (AvgIpc) is 3.69. The van der Waals surface area contributed by atoms with Crippen molar-refractivity contribution in [3.63, 3.8) is 0 Å². The van der Waals surface area contributed by atoms with Crippen molar-refractivity contribution in [3.8, 4) is 51.8 Å². The van der Waals surface area contributed by atoms with E-state index >= 15 is 0 Å². The van der Waals surface area contributed by atoms with Gasteiger partial charge in [-0.25, -0.2) is 0 Å². The minimum atomic E-state index is 0.529. The number of benzene rings is 7. The minimum absolute atomic E-state index is 0.529. The van der Waals surface area contributed by atoms with E-state index < -0.39 is 0 Å². The van der Waals surface area contributed by atoms with Gasteiger partial charge in [-0.2, -0.15) is 15.8 Å². The lowest BCUT2D eigenvalue weighted by molar-refractivity contribution is 1.17. The molecule has 50 heavy (non-hydrogen) atoms. The lowest BCUT2D eigenvalue weighted by Gasteiger charge is -2.19. The van der Waals surface area contributed by atoms with Crippen LogP contribution in [0.1, 0.15) is 16.7 Å². The molecule has 9 aromatic rings. The molecule has 5 nitrogen and oxygen atoms in total. The third kappa shape index (κ3) is 4.24. The van der Waals surface area contributed by atoms with Crippen molar-refractivity contribution in [2.24, 2.45) is 0 Å². The Balaban J connectivity index is 1.32. The van der Waals surface area contributed by atoms with Crippen molar-refractivity contribution in [2.75, 3.05) is 0 Å². The molecule has 0 atom stereocenters. The minimum Gasteiger partial charge on any atom is -0.309 e. The van der Waals surface area contributed by atoms with Gasteiger partial charge in [-0.3, -0.25) is 0 Å². The molecule has 0 amide bonds. The number of para-hydroxylation sites is 3. The van der Waals surface area contributed by atoms with Crippen LogP contribution in [0.25, 0.3) is 77.2 Å². The van der Waals surface area contributed by atoms with Crippen LogP contribution in [0, 0.1) is 34.0 Å². The van der Waals surface area contributed by atoms with Gasteiger partial charge in [0.2, 0.25) is 0 Å². The molecule has 0 aliphatic carbocycles. The van der Waals surface area contributed by atoms with Crippen molar-refractivity contribution >= 4 is 43.6 Å². The van der Waals surface area contributed by atoms with Crippen LogP contribution < -0.4 is 0 Å². The van der Waals surface area contributed by atoms with Crippen LogP contribution in [-0.4, -0.2) is 9.13 Å². The van der Waals surface area contributed by atoms with E-state index in [1.165, 1.54) is 0 Å². The lowest BCUT2D eigenvalue weighted by Crippen LogP contribution is -2.01. The number of aromatic nitrogens is 2. The van der Waals surface area contributed by atoms with Crippen molar-refractivity contribution < 1.29 is 0 Å². The van der Waals surface area contributed by atoms with Crippen LogP contribution >= 0.6 is 0 Å². The van der Waals surface area contributed by atoms with Gasteiger partial charge in [0.25, 0.3) is 0 Å². The molecule has 9 rings (SSSR count). The first-order valence-electron chi connectivity index (χ1n) is 16.3. The number of nitriles is 3. The Morgan fingerprint density at radius 1 is 0.340 bits per heavy atom. The van der Waals surface area contributed by atoms with Gasteiger partial charge >= 0.3 is 0 Å². The summed E-state index contributed by atoms with van der Waals surface area (Å²) in [6.45, 7) is 0. The second kappa shape index (κ2) is 11.4. The largest absolute Gasteiger partial charge is 0.309 e. The van der Waals surface area contributed by atoms with E-state index in [2.05, 4.69) is 100 Å². The number of hydrogen-bond acceptors (Lipinski definition) is 3. The molecule has 0 fully saturated rings. The predicted molar refractivity (Wildman–Crippen MR) is 200 cm³/mol. The molecule has 0 N–H and O–H groups in total. The van der Waals surface area contributed by atoms with Crippen LogP contribution in [-0.2, 0) is 0 Å². The Morgan fingerprint density at radius 3 is 1.44 bits per heavy atom. The molecular formula is C45H25N5. The van der Waals surface area contributed by atoms with E-state index in [-0.39, 0.29) is 0 Å². The van der Waals surface area contributed by atoms with Gasteiger partial charge in [0.15, 0.2) is 0 Å². The van der Waals surface area contributed by atoms with Crippen LogP contribution in [0.4, 0.5) is 0 Å². The number of fused-ring (bicyclic) bond motifs is 6. The molecule has 0 spiro atoms. The second-order valence-electron chi connectivity index (χ2n) is 12.3. The maximum absolute atomic E-state index is 10.9. The fourth-order valence-electron chi connectivity index (χ4n) is 7.52. The fraction of sp³-hybridized carbons (Fsp3) is 0. The number of rotatable bonds is 4. The molecule has 0 aliphatic heterocycles. The molecule has 2 aromatic heterocycles. The molecule has 0 saturated carbocycles. The van der Waals surface area contributed by atoms with E-state index in [1.807, 2.05) is 78.9 Å². The SMILES string of the molecule is N#Cc1ccc(-n2c3ccccc3c3ccccc32)c(-c2ccccc2-c2cccc(-n3c4ccccc4c4cc(C#N)ccc43)c2C#N)c1. The summed E-state index contributed by atoms with van der Waals surface area (Å²) < 4.78 is 4.39. The summed E-state index contributed by atoms with van der Waals surface area (Å²) in [5.74, 6) is 0. The van der Waals surface area contributed by atoms with Gasteiger partial charge in [0.1, 0.15) is 6.07 Å². The van der Waals surface area contributed by atoms with Gasteiger partial charge in [0, 0.05) is 32.7 Å². The van der Waals surface area contributed by atoms with E-state index in [1.54, 1.807) is 0 Å². The number of nitrogens with zero attached hydrogens (tertiary/aromatic N) is 5. The molecule has 0 aliphatic rings. The van der Waals surface area contributed by atoms with Gasteiger partial charge in [-0.1, -0.05) is 91.0 Å². The normalized spacial score (nSPS) is 11.1. The van der Waals surface area contributed by atoms with E-state index in [4.69, 9.17) is 0 Å². The average molecular weight is 636 g/mol. The summed E-state index contributed by atoms with van der Waals surface area (Å²) >= 11 is 0. The summed E-state index contributed by atoms with van der Waals surface area (Å²) in [5, 5.41) is 34.9. The van der Waals surface area contributed by atoms with Crippen LogP contribution in [0.3, 0.4) is 0 Å². The number of hydrogen-bond donors (Lipinski definition) is 0. The Morgan fingerprint density at radius 2 is 0.820 bits per heavy atom. The maximum atomic E-state index is 10.9. The van der Waals surface area contributed by atoms with Gasteiger partial charge < -0.3 is 9.13 Å². The predicted octanol–water partition coefficient (Wildman–Crippen LogP) is 10.8. The zero-order chi connectivity index (χ0) is 33.8. The quantitative estimate of drug-likeness (QED) is 0.193. The third-order valence-electron chi connectivity index (χ3n) is 9.65. The standard InChI is InChI=1S/C45H25N5/c46-26-29-20-22-44(49-40-16-6-3-12-34(40)35-13-4-7-17-41(35)49)37(24-29)32-11-2-1-10-31(32)33-15-9-19-43(39(33)28-48)50-42-18-8-5-14-36(42)38-25-30(27-47)21-23-45(38)50/h1-25H. The Bertz CT molecular complexity index is 2920. The smallest absolute Gasteiger partial charge is 0.102 e. The molecular weight excluding hydrogens is 611 g/mol. The third-order valence-corrected chi connectivity index (χ3v) is 9.65. The summed E-state index contributed by atoms with van der Waals surface area (Å²) in [6, 6.07) is 57.7. The van der Waals surface area contributed by atoms with Crippen LogP contribution in [0.2, 0.25) is 0 Å². The topological polar surface area (TPSA) is 81.2 Å². The molecule has 0 unspecified atom stereocenters. The molecule has 0 bridgehead atoms. The molecule has 5 heteroatoms. The summed E-state index contributed by atoms with van der Waals surface area (Å²) in [4.78, 5) is 0. The molecule has 0 radical (unpaired) electrons. The van der Waals surface area contributed by atoms with Crippen LogP contribution in [0.15, 0.2) is 152 Å². The Hall–Kier alpha value is -7.39. The fourth-order valence-corrected chi connectivity index (χ4v) is 7.52. The zero-order valence-corrected chi connectivity index (χ0v) is 26.7. The Labute approximate surface area is 287 Å². The summed E-state index contributed by atoms with van der Waals surface area (Å²) in [7, 11) is 0. The van der Waals surface area contributed by atoms with Gasteiger partial charge in [0.05, 0.1) is 62.3 Å². The van der Waals surface area contributed by atoms with E-state index in [9.17, 15) is 15.8 Å². The van der Waals surface area contributed by atoms with Crippen molar-refractivity contribution in [2.45, 2.75) is 0 Å². The first kappa shape index (κ1) is 28.8. The van der Waals surface area contributed by atoms with E-state index in [0.717, 1.165) is 77.2 Å². The van der Waals surface area contributed by atoms with E-state index in [0.29, 0.717) is 16.7 Å². The maximum Gasteiger partial charge on any atom is 0.102 e. The Kier molecular flexibility index (Phi) is 6.56. The molecule has 230 valence electrons. The van der Waals surface area contributed by atoms with Crippen molar-refractivity contribution in [3.05, 3.63) is 168 Å². The molecule has 0 saturated heterocycles. The van der Waals surface area contributed by atoms with Crippen LogP contribution in [0.5, 0.6) is 0 Å². The summed E-state index contributed by atoms with van der Waals surface area (Å²) in [5.41, 5.74) is 10.9. The molecule has 7 aromatic carbocycles. The highest BCUT2D eigenvalue weighted by Gasteiger charge is 2.22. The zero-order valence-electron chi connectivity index (χ0n) is 26.7. The van der Waals surface area contributed by atoms with Gasteiger partial charge in [-0.05, 0) is 71.8 Å². The van der Waals surface area contributed by atoms with Gasteiger partial charge in [-0.15, -0.1) is 0 Å². The molecule has 2 heterocycles. The second-order valence-corrected chi connectivity index (χ2v) is 12.3. The first-order chi connectivity index (χ1) is 24.7. The highest BCUT2D eigenvalue weighted by Crippen LogP contribution is 2.42. The first-order valence-corrected chi connectivity index (χ1v) is 16.3. The lowest BCUT2D eigenvalue weighted by atomic mass is 9.90. The monoisotopic (exact) mass is 635 g/mol. The van der Waals surface area contributed by atoms with Crippen molar-refractivity contribution in [1.82, 2.24) is 9.13 Å².